The van der Waals surface area contributed by atoms with Gasteiger partial charge in [-0.1, -0.05) is 12.7 Å². The van der Waals surface area contributed by atoms with E-state index in [2.05, 4.69) is 20.8 Å². The molecule has 2 N–H and O–H groups in total. The second-order valence-corrected chi connectivity index (χ2v) is 1.70. The van der Waals surface area contributed by atoms with Gasteiger partial charge in [-0.25, -0.2) is 0 Å². The summed E-state index contributed by atoms with van der Waals surface area (Å²) >= 11 is 0. The third kappa shape index (κ3) is 88.1. The van der Waals surface area contributed by atoms with Gasteiger partial charge in [-0.2, -0.15) is 6.42 Å². The van der Waals surface area contributed by atoms with Crippen LogP contribution in [-0.4, -0.2) is 22.9 Å². The molecule has 6 heteroatoms. The maximum Gasteiger partial charge on any atom is 0 e. The number of hydrogen-bond acceptors (Lipinski definition) is 2. The molecule has 0 saturated heterocycles. The minimum atomic E-state index is -0.477. The molecule has 0 aliphatic heterocycles. The van der Waals surface area contributed by atoms with E-state index in [4.69, 9.17) is 10.2 Å². The molecule has 0 rings (SSSR count). The molecule has 74 valence electrons. The summed E-state index contributed by atoms with van der Waals surface area (Å²) in [6.45, 7) is 10.2. The van der Waals surface area contributed by atoms with E-state index >= 15 is 0 Å². The van der Waals surface area contributed by atoms with Crippen molar-refractivity contribution in [2.45, 2.75) is 18.9 Å². The summed E-state index contributed by atoms with van der Waals surface area (Å²) < 4.78 is 0. The minimum Gasteiger partial charge on any atom is -0.428 e. The molecule has 0 aromatic carbocycles. The molecule has 0 saturated carbocycles. The second-order valence-electron chi connectivity index (χ2n) is 1.70. The third-order valence-corrected chi connectivity index (χ3v) is 0.666. The number of aliphatic hydroxyl groups is 2. The van der Waals surface area contributed by atoms with Gasteiger partial charge >= 0.3 is 0 Å². The molecule has 14 heavy (non-hydrogen) atoms. The van der Waals surface area contributed by atoms with Crippen LogP contribution in [0.15, 0.2) is 0 Å². The van der Waals surface area contributed by atoms with Crippen molar-refractivity contribution in [2.75, 3.05) is 6.61 Å². The van der Waals surface area contributed by atoms with E-state index < -0.39 is 6.10 Å². The predicted molar refractivity (Wildman–Crippen MR) is 42.7 cm³/mol. The Bertz CT molecular complexity index is 58.6. The molecular weight excluding hydrogens is 840 g/mol. The van der Waals surface area contributed by atoms with Crippen LogP contribution in [0.5, 0.6) is 0 Å². The molecule has 1 atom stereocenters. The average Bonchev–Trinajstić information content (AvgIpc) is 1.91. The molecule has 0 bridgehead atoms. The molecule has 2 nitrogen and oxygen atoms in total. The third-order valence-electron chi connectivity index (χ3n) is 0.666. The van der Waals surface area contributed by atoms with Crippen LogP contribution in [0.1, 0.15) is 12.8 Å². The zero-order valence-corrected chi connectivity index (χ0v) is 27.3. The molecule has 2 radical (unpaired) electrons. The van der Waals surface area contributed by atoms with Gasteiger partial charge in [0.1, 0.15) is 0 Å². The van der Waals surface area contributed by atoms with Gasteiger partial charge in [0.15, 0.2) is 0 Å². The van der Waals surface area contributed by atoms with Crippen LogP contribution in [-0.2, 0) is 65.4 Å². The van der Waals surface area contributed by atoms with Crippen LogP contribution in [0.4, 0.5) is 0 Å². The Morgan fingerprint density at radius 2 is 1.43 bits per heavy atom. The van der Waals surface area contributed by atoms with Gasteiger partial charge in [-0.05, 0) is 0 Å². The molecule has 0 heterocycles. The van der Waals surface area contributed by atoms with Crippen LogP contribution in [0.3, 0.4) is 0 Å². The van der Waals surface area contributed by atoms with Gasteiger partial charge in [0, 0.05) is 65.4 Å². The van der Waals surface area contributed by atoms with Gasteiger partial charge in [0.2, 0.25) is 0 Å². The molecule has 1 unspecified atom stereocenters. The SMILES string of the molecule is [CH2-]CC([CH2-])O.[CH2-]C[CH-]CO.[Rf].[Rf].[Y].[Y]. The van der Waals surface area contributed by atoms with E-state index in [0.29, 0.717) is 6.42 Å². The fourth-order valence-corrected chi connectivity index (χ4v) is 0.0913. The Kier molecular flexibility index (Phi) is 100. The van der Waals surface area contributed by atoms with Crippen LogP contribution in [0, 0.1) is 27.2 Å². The maximum absolute atomic E-state index is 8.19. The Morgan fingerprint density at radius 3 is 1.43 bits per heavy atom. The van der Waals surface area contributed by atoms with E-state index in [1.165, 1.54) is 0 Å². The number of hydrogen-bond donors (Lipinski definition) is 2. The van der Waals surface area contributed by atoms with E-state index in [-0.39, 0.29) is 72.0 Å². The first kappa shape index (κ1) is 36.9. The zero-order chi connectivity index (χ0) is 8.41. The van der Waals surface area contributed by atoms with Crippen molar-refractivity contribution in [1.82, 2.24) is 0 Å². The van der Waals surface area contributed by atoms with Crippen molar-refractivity contribution in [3.63, 3.8) is 0 Å². The Balaban J connectivity index is -0.0000000178. The first-order valence-corrected chi connectivity index (χ1v) is 3.21. The van der Waals surface area contributed by atoms with Crippen molar-refractivity contribution in [3.05, 3.63) is 27.2 Å². The van der Waals surface area contributed by atoms with Crippen molar-refractivity contribution in [3.8, 4) is 0 Å². The first-order valence-electron chi connectivity index (χ1n) is 3.21. The standard InChI is InChI=1S/2C4H8O.2Rf.2Y/c1-3-4(2)5;1-2-3-4-5;;;;/h4-5H,1-3H2;3,5H,1-2,4H2;;;;/q2*-2;;;;. The molecule has 0 aliphatic carbocycles. The molecule has 0 fully saturated rings. The van der Waals surface area contributed by atoms with Crippen LogP contribution < -0.4 is 0 Å². The van der Waals surface area contributed by atoms with Crippen LogP contribution in [0.25, 0.3) is 0 Å². The number of unbranched alkanes of at least 4 members (excludes halogenated alkanes) is 1. The summed E-state index contributed by atoms with van der Waals surface area (Å²) in [6, 6.07) is 0. The first-order chi connectivity index (χ1) is 4.68. The van der Waals surface area contributed by atoms with Gasteiger partial charge in [-0.3, -0.25) is 0 Å². The van der Waals surface area contributed by atoms with Gasteiger partial charge in [0.05, 0.1) is 0 Å². The minimum absolute atomic E-state index is 0. The molecule has 0 spiro atoms. The van der Waals surface area contributed by atoms with E-state index in [1.54, 1.807) is 6.42 Å². The van der Waals surface area contributed by atoms with E-state index in [0.717, 1.165) is 6.42 Å². The summed E-state index contributed by atoms with van der Waals surface area (Å²) in [5.41, 5.74) is 0. The smallest absolute Gasteiger partial charge is 0 e. The topological polar surface area (TPSA) is 40.5 Å². The van der Waals surface area contributed by atoms with Crippen molar-refractivity contribution >= 4 is 0 Å². The maximum atomic E-state index is 8.19. The summed E-state index contributed by atoms with van der Waals surface area (Å²) in [6.07, 6.45) is 2.44. The Hall–Kier alpha value is 0.128. The molecule has 0 aromatic heterocycles. The monoisotopic (exact) mass is 856 g/mol. The largest absolute Gasteiger partial charge is 0.428 e. The molecule has 0 aliphatic rings. The fourth-order valence-electron chi connectivity index (χ4n) is 0.0913. The van der Waals surface area contributed by atoms with Gasteiger partial charge in [-0.15, -0.1) is 0 Å². The predicted octanol–water partition coefficient (Wildman–Crippen LogP) is 0.808. The summed E-state index contributed by atoms with van der Waals surface area (Å²) in [5.74, 6) is 0. The van der Waals surface area contributed by atoms with Crippen molar-refractivity contribution in [1.29, 1.82) is 0 Å². The zero-order valence-electron chi connectivity index (χ0n) is 8.86. The number of rotatable bonds is 3. The van der Waals surface area contributed by atoms with E-state index in [9.17, 15) is 0 Å². The Labute approximate surface area is 127 Å². The Morgan fingerprint density at radius 1 is 1.14 bits per heavy atom. The quantitative estimate of drug-likeness (QED) is 0.414. The van der Waals surface area contributed by atoms with Crippen molar-refractivity contribution in [2.24, 2.45) is 0 Å². The fraction of sp³-hybridized carbons (Fsp3) is 0.500. The van der Waals surface area contributed by atoms with Crippen LogP contribution in [0.2, 0.25) is 0 Å². The van der Waals surface area contributed by atoms with Crippen molar-refractivity contribution < 1.29 is 75.6 Å². The normalized spacial score (nSPS) is 8.36. The van der Waals surface area contributed by atoms with Crippen LogP contribution >= 0.6 is 0 Å². The summed E-state index contributed by atoms with van der Waals surface area (Å²) in [7, 11) is 0. The van der Waals surface area contributed by atoms with E-state index in [1.807, 2.05) is 0 Å². The average molecular weight is 856 g/mol. The molecule has 0 aromatic rings. The summed E-state index contributed by atoms with van der Waals surface area (Å²) in [4.78, 5) is 0. The summed E-state index contributed by atoms with van der Waals surface area (Å²) in [5, 5.41) is 16.2. The molecule has 0 amide bonds. The molecular formula is C8H16O2Rf2Y2-4. The van der Waals surface area contributed by atoms with Gasteiger partial charge < -0.3 is 43.8 Å². The van der Waals surface area contributed by atoms with Gasteiger partial charge in [0.25, 0.3) is 0 Å². The number of aliphatic hydroxyl groups excluding tert-OH is 2. The second kappa shape index (κ2) is 38.0.